The first kappa shape index (κ1) is 48.4. The number of amides is 4. The number of benzene rings is 1. The van der Waals surface area contributed by atoms with Crippen LogP contribution < -0.4 is 10.1 Å². The number of aliphatic hydroxyl groups excluding tert-OH is 1. The first-order valence-electron chi connectivity index (χ1n) is 20.2. The van der Waals surface area contributed by atoms with Gasteiger partial charge in [-0.15, -0.1) is 0 Å². The van der Waals surface area contributed by atoms with Crippen LogP contribution in [-0.4, -0.2) is 144 Å². The summed E-state index contributed by atoms with van der Waals surface area (Å²) >= 11 is 1.45. The minimum atomic E-state index is -1.06. The Morgan fingerprint density at radius 3 is 2.14 bits per heavy atom. The van der Waals surface area contributed by atoms with Crippen LogP contribution in [-0.2, 0) is 35.1 Å². The summed E-state index contributed by atoms with van der Waals surface area (Å²) in [4.78, 5) is 79.1. The number of cyclic esters (lactones) is 1. The summed E-state index contributed by atoms with van der Waals surface area (Å²) in [5, 5.41) is 14.8. The number of aliphatic imine (C=N–C) groups is 1. The van der Waals surface area contributed by atoms with Crippen LogP contribution in [0.2, 0.25) is 0 Å². The number of carbonyl (C=O) groups is 5. The average molecular weight is 824 g/mol. The Labute approximate surface area is 350 Å². The Bertz CT molecular complexity index is 1730. The van der Waals surface area contributed by atoms with E-state index in [0.29, 0.717) is 46.8 Å². The summed E-state index contributed by atoms with van der Waals surface area (Å²) in [5.74, 6) is -1.66. The fourth-order valence-corrected chi connectivity index (χ4v) is 8.07. The van der Waals surface area contributed by atoms with Crippen LogP contribution in [0.5, 0.6) is 5.75 Å². The van der Waals surface area contributed by atoms with Crippen LogP contribution >= 0.6 is 11.8 Å². The zero-order valence-corrected chi connectivity index (χ0v) is 37.6. The fraction of sp³-hybridized carbons (Fsp3) is 0.651. The number of methoxy groups -OCH3 is 1. The summed E-state index contributed by atoms with van der Waals surface area (Å²) in [6.07, 6.45) is 1.80. The molecule has 13 nitrogen and oxygen atoms in total. The molecule has 0 aromatic heterocycles. The number of carbonyl (C=O) groups excluding carboxylic acids is 5. The van der Waals surface area contributed by atoms with Crippen molar-refractivity contribution in [3.8, 4) is 5.75 Å². The number of aliphatic hydroxyl groups is 1. The molecule has 0 saturated heterocycles. The quantitative estimate of drug-likeness (QED) is 0.335. The summed E-state index contributed by atoms with van der Waals surface area (Å²) in [7, 11) is 10.3. The number of hydrogen-bond acceptors (Lipinski definition) is 10. The van der Waals surface area contributed by atoms with Crippen LogP contribution in [0.15, 0.2) is 40.9 Å². The van der Waals surface area contributed by atoms with Gasteiger partial charge >= 0.3 is 266 Å². The van der Waals surface area contributed by atoms with Crippen molar-refractivity contribution in [2.45, 2.75) is 130 Å². The average Bonchev–Trinajstić information content (AvgIpc) is 3.65. The zero-order valence-electron chi connectivity index (χ0n) is 36.8. The molecule has 2 N–H and O–H groups in total. The van der Waals surface area contributed by atoms with Gasteiger partial charge in [0.25, 0.3) is 0 Å². The third-order valence-corrected chi connectivity index (χ3v) is 12.7. The molecule has 58 heavy (non-hydrogen) atoms. The van der Waals surface area contributed by atoms with E-state index in [1.54, 1.807) is 46.1 Å². The molecule has 0 fully saturated rings. The third kappa shape index (κ3) is 12.3. The monoisotopic (exact) mass is 823 g/mol. The van der Waals surface area contributed by atoms with Crippen molar-refractivity contribution in [3.63, 3.8) is 0 Å². The summed E-state index contributed by atoms with van der Waals surface area (Å²) < 4.78 is 11.4. The van der Waals surface area contributed by atoms with E-state index >= 15 is 0 Å². The van der Waals surface area contributed by atoms with Gasteiger partial charge in [0, 0.05) is 7.05 Å². The Morgan fingerprint density at radius 2 is 1.57 bits per heavy atom. The van der Waals surface area contributed by atoms with E-state index in [1.807, 2.05) is 53.7 Å². The van der Waals surface area contributed by atoms with Crippen LogP contribution in [0.25, 0.3) is 0 Å². The fourth-order valence-electron chi connectivity index (χ4n) is 7.03. The third-order valence-electron chi connectivity index (χ3n) is 11.6. The van der Waals surface area contributed by atoms with E-state index < -0.39 is 71.4 Å². The van der Waals surface area contributed by atoms with E-state index in [-0.39, 0.29) is 24.3 Å². The number of rotatable bonds is 5. The Balaban J connectivity index is 2.09. The number of nitrogens with zero attached hydrogens (tertiary/aromatic N) is 4. The van der Waals surface area contributed by atoms with Crippen LogP contribution in [0.1, 0.15) is 87.1 Å². The van der Waals surface area contributed by atoms with Crippen molar-refractivity contribution in [1.82, 2.24) is 20.0 Å². The Hall–Kier alpha value is -3.98. The Kier molecular flexibility index (Phi) is 17.4. The Morgan fingerprint density at radius 1 is 0.966 bits per heavy atom. The molecule has 3 rings (SSSR count). The molecule has 0 radical (unpaired) electrons. The predicted octanol–water partition coefficient (Wildman–Crippen LogP) is 3.57. The second-order valence-corrected chi connectivity index (χ2v) is 18.2. The number of hydrogen-bond donors (Lipinski definition) is 2. The standard InChI is InChI=1S/C43H66BN5O8S/c1-14-25(3)36-41(54)48(11)28(6)42(55)57-34(43(7,8)9)20-24(2)19-33(50)35(44)38-45-30(23-58-38)21-26(4)37(51)46-32(22-29-15-17-31(56-13)18-16-29)40(53)47(10)27(5)39(52)49(36)12/h15-18,21,24-25,27-28,30,32-34,36,44,50H,14,19-20,22-23H2,1-13H3,(H,46,51)/b26-21+/t24-,25-,27-,28-,30-,32-,33-,34-,36-/m0/s1. The summed E-state index contributed by atoms with van der Waals surface area (Å²) in [6.45, 7) is 16.6. The molecule has 2 aliphatic heterocycles. The summed E-state index contributed by atoms with van der Waals surface area (Å²) in [6, 6.07) is 2.79. The van der Waals surface area contributed by atoms with Gasteiger partial charge in [-0.3, -0.25) is 4.79 Å². The van der Waals surface area contributed by atoms with Crippen LogP contribution in [0.4, 0.5) is 0 Å². The molecule has 15 heteroatoms. The molecular weight excluding hydrogens is 757 g/mol. The molecule has 0 saturated carbocycles. The molecule has 4 amide bonds. The van der Waals surface area contributed by atoms with Gasteiger partial charge in [0.2, 0.25) is 5.91 Å². The number of esters is 1. The number of likely N-dealkylation sites (N-methyl/N-ethyl adjacent to an activating group) is 3. The predicted molar refractivity (Wildman–Crippen MR) is 232 cm³/mol. The van der Waals surface area contributed by atoms with Gasteiger partial charge in [0.05, 0.1) is 7.11 Å². The number of ether oxygens (including phenoxy) is 2. The van der Waals surface area contributed by atoms with Crippen molar-refractivity contribution in [3.05, 3.63) is 41.5 Å². The molecule has 1 aromatic rings. The zero-order chi connectivity index (χ0) is 43.8. The van der Waals surface area contributed by atoms with E-state index in [4.69, 9.17) is 14.5 Å². The molecule has 0 aliphatic carbocycles. The van der Waals surface area contributed by atoms with Gasteiger partial charge in [0.15, 0.2) is 0 Å². The van der Waals surface area contributed by atoms with Crippen molar-refractivity contribution in [2.75, 3.05) is 34.0 Å². The molecule has 0 spiro atoms. The number of fused-ring (bicyclic) bond motifs is 1. The summed E-state index contributed by atoms with van der Waals surface area (Å²) in [5.41, 5.74) is 1.15. The molecule has 2 bridgehead atoms. The van der Waals surface area contributed by atoms with Crippen molar-refractivity contribution >= 4 is 59.4 Å². The molecule has 1 aromatic carbocycles. The molecule has 2 heterocycles. The number of nitrogens with one attached hydrogen (secondary N) is 1. The topological polar surface area (TPSA) is 158 Å². The SMILES string of the molecule is B=C1C2=N[C@@H](/C=C(\C)C(=O)N[C@@H](Cc3ccc(OC)cc3)C(=O)N(C)[C@@H](C)C(=O)N(C)[C@@H]([C@@H](C)CC)C(=O)N(C)[C@@H](C)C(=O)O[C@H](C(C)(C)C)C[C@@H](C)C[C@@H]1O)CS2. The van der Waals surface area contributed by atoms with Crippen LogP contribution in [0, 0.1) is 17.3 Å². The van der Waals surface area contributed by atoms with Crippen molar-refractivity contribution < 1.29 is 38.6 Å². The van der Waals surface area contributed by atoms with Gasteiger partial charge in [-0.2, -0.15) is 0 Å². The van der Waals surface area contributed by atoms with E-state index in [2.05, 4.69) is 12.8 Å². The maximum atomic E-state index is 14.3. The minimum absolute atomic E-state index is 0.0790. The van der Waals surface area contributed by atoms with Gasteiger partial charge in [-0.1, -0.05) is 20.3 Å². The normalized spacial score (nSPS) is 29.8. The molecule has 9 atom stereocenters. The first-order valence-corrected chi connectivity index (χ1v) is 21.2. The number of thioether (sulfide) groups is 1. The van der Waals surface area contributed by atoms with E-state index in [9.17, 15) is 29.1 Å². The van der Waals surface area contributed by atoms with Gasteiger partial charge in [0.1, 0.15) is 5.75 Å². The van der Waals surface area contributed by atoms with Gasteiger partial charge in [-0.25, -0.2) is 0 Å². The van der Waals surface area contributed by atoms with E-state index in [0.717, 1.165) is 5.56 Å². The molecule has 0 unspecified atom stereocenters. The second-order valence-electron chi connectivity index (χ2n) is 17.2. The van der Waals surface area contributed by atoms with Crippen molar-refractivity contribution in [2.24, 2.45) is 22.2 Å². The van der Waals surface area contributed by atoms with Crippen molar-refractivity contribution in [1.29, 1.82) is 0 Å². The van der Waals surface area contributed by atoms with Crippen LogP contribution in [0.3, 0.4) is 0 Å². The molecular formula is C43H66BN5O8S. The van der Waals surface area contributed by atoms with E-state index in [1.165, 1.54) is 47.6 Å². The first-order chi connectivity index (χ1) is 27.0. The second kappa shape index (κ2) is 20.8. The molecule has 2 aliphatic rings. The van der Waals surface area contributed by atoms with Gasteiger partial charge < -0.3 is 9.64 Å². The molecule has 320 valence electrons. The van der Waals surface area contributed by atoms with Gasteiger partial charge in [-0.05, 0) is 25.0 Å². The maximum absolute atomic E-state index is 14.3.